The summed E-state index contributed by atoms with van der Waals surface area (Å²) in [5.41, 5.74) is 1.21. The van der Waals surface area contributed by atoms with Crippen molar-refractivity contribution in [1.82, 2.24) is 5.32 Å². The van der Waals surface area contributed by atoms with Crippen molar-refractivity contribution in [3.8, 4) is 0 Å². The Hall–Kier alpha value is -0.800. The molecule has 0 aliphatic heterocycles. The van der Waals surface area contributed by atoms with Crippen molar-refractivity contribution in [1.29, 1.82) is 0 Å². The molecule has 0 amide bonds. The highest BCUT2D eigenvalue weighted by Crippen LogP contribution is 2.35. The predicted octanol–water partition coefficient (Wildman–Crippen LogP) is 4.28. The third-order valence-electron chi connectivity index (χ3n) is 4.81. The topological polar surface area (TPSA) is 34.4 Å². The van der Waals surface area contributed by atoms with Gasteiger partial charge < -0.3 is 14.5 Å². The summed E-state index contributed by atoms with van der Waals surface area (Å²) in [6, 6.07) is 2.11. The quantitative estimate of drug-likeness (QED) is 0.850. The van der Waals surface area contributed by atoms with Crippen LogP contribution in [0.4, 0.5) is 0 Å². The van der Waals surface area contributed by atoms with Gasteiger partial charge in [-0.05, 0) is 56.2 Å². The third kappa shape index (κ3) is 4.33. The second-order valence-corrected chi connectivity index (χ2v) is 7.02. The van der Waals surface area contributed by atoms with Gasteiger partial charge in [-0.2, -0.15) is 0 Å². The number of aryl methyl sites for hydroxylation is 1. The summed E-state index contributed by atoms with van der Waals surface area (Å²) in [5.74, 6) is 4.14. The summed E-state index contributed by atoms with van der Waals surface area (Å²) >= 11 is 0. The van der Waals surface area contributed by atoms with Crippen molar-refractivity contribution in [3.63, 3.8) is 0 Å². The van der Waals surface area contributed by atoms with Crippen molar-refractivity contribution in [2.45, 2.75) is 66.2 Å². The number of furan rings is 1. The molecule has 3 unspecified atom stereocenters. The first kappa shape index (κ1) is 16.6. The molecule has 1 aromatic heterocycles. The summed E-state index contributed by atoms with van der Waals surface area (Å²) in [4.78, 5) is 0. The van der Waals surface area contributed by atoms with E-state index >= 15 is 0 Å². The zero-order chi connectivity index (χ0) is 15.4. The predicted molar refractivity (Wildman–Crippen MR) is 86.1 cm³/mol. The normalized spacial score (nSPS) is 26.5. The lowest BCUT2D eigenvalue weighted by Crippen LogP contribution is -2.34. The molecule has 120 valence electrons. The fraction of sp³-hybridized carbons (Fsp3) is 0.778. The van der Waals surface area contributed by atoms with E-state index in [0.29, 0.717) is 24.5 Å². The Morgan fingerprint density at radius 1 is 1.38 bits per heavy atom. The Balaban J connectivity index is 1.95. The van der Waals surface area contributed by atoms with E-state index in [2.05, 4.69) is 39.1 Å². The fourth-order valence-corrected chi connectivity index (χ4v) is 3.49. The van der Waals surface area contributed by atoms with Gasteiger partial charge >= 0.3 is 0 Å². The molecule has 3 nitrogen and oxygen atoms in total. The molecular formula is C18H31NO2. The highest BCUT2D eigenvalue weighted by atomic mass is 16.5. The average molecular weight is 293 g/mol. The smallest absolute Gasteiger partial charge is 0.130 e. The minimum absolute atomic E-state index is 0.381. The van der Waals surface area contributed by atoms with Crippen molar-refractivity contribution in [2.24, 2.45) is 17.8 Å². The van der Waals surface area contributed by atoms with Crippen LogP contribution in [-0.4, -0.2) is 13.2 Å². The van der Waals surface area contributed by atoms with Crippen molar-refractivity contribution >= 4 is 0 Å². The maximum atomic E-state index is 6.25. The highest BCUT2D eigenvalue weighted by Gasteiger charge is 2.31. The molecule has 0 spiro atoms. The van der Waals surface area contributed by atoms with Crippen molar-refractivity contribution in [3.05, 3.63) is 23.2 Å². The minimum atomic E-state index is 0.381. The Bertz CT molecular complexity index is 438. The Morgan fingerprint density at radius 3 is 2.81 bits per heavy atom. The van der Waals surface area contributed by atoms with Gasteiger partial charge in [-0.3, -0.25) is 0 Å². The highest BCUT2D eigenvalue weighted by molar-refractivity contribution is 5.19. The molecule has 3 atom stereocenters. The fourth-order valence-electron chi connectivity index (χ4n) is 3.49. The van der Waals surface area contributed by atoms with Gasteiger partial charge in [-0.25, -0.2) is 0 Å². The van der Waals surface area contributed by atoms with Gasteiger partial charge in [-0.15, -0.1) is 0 Å². The lowest BCUT2D eigenvalue weighted by molar-refractivity contribution is -0.0524. The van der Waals surface area contributed by atoms with E-state index in [1.165, 1.54) is 24.8 Å². The van der Waals surface area contributed by atoms with Gasteiger partial charge in [0.05, 0.1) is 12.6 Å². The molecular weight excluding hydrogens is 262 g/mol. The monoisotopic (exact) mass is 293 g/mol. The van der Waals surface area contributed by atoms with E-state index in [0.717, 1.165) is 24.0 Å². The van der Waals surface area contributed by atoms with Gasteiger partial charge in [-0.1, -0.05) is 27.2 Å². The zero-order valence-electron chi connectivity index (χ0n) is 14.2. The lowest BCUT2D eigenvalue weighted by atomic mass is 9.75. The number of hydrogen-bond donors (Lipinski definition) is 1. The molecule has 21 heavy (non-hydrogen) atoms. The van der Waals surface area contributed by atoms with E-state index < -0.39 is 0 Å². The minimum Gasteiger partial charge on any atom is -0.462 e. The van der Waals surface area contributed by atoms with Gasteiger partial charge in [0.1, 0.15) is 18.1 Å². The van der Waals surface area contributed by atoms with Crippen molar-refractivity contribution < 1.29 is 9.15 Å². The standard InChI is InChI=1S/C18H31NO2/c1-12(2)16-7-6-13(3)8-17(16)20-11-15-9-14(4)18(21-15)10-19-5/h9,12-13,16-17,19H,6-8,10-11H2,1-5H3. The first-order chi connectivity index (χ1) is 10.0. The summed E-state index contributed by atoms with van der Waals surface area (Å²) in [6.45, 7) is 10.5. The second-order valence-electron chi connectivity index (χ2n) is 7.02. The molecule has 1 aliphatic carbocycles. The number of rotatable bonds is 6. The third-order valence-corrected chi connectivity index (χ3v) is 4.81. The van der Waals surface area contributed by atoms with Crippen LogP contribution in [0.25, 0.3) is 0 Å². The SMILES string of the molecule is CNCc1oc(COC2CC(C)CCC2C(C)C)cc1C. The van der Waals surface area contributed by atoms with Gasteiger partial charge in [0.25, 0.3) is 0 Å². The van der Waals surface area contributed by atoms with Crippen LogP contribution >= 0.6 is 0 Å². The Kier molecular flexibility index (Phi) is 5.88. The van der Waals surface area contributed by atoms with Crippen LogP contribution in [0.3, 0.4) is 0 Å². The molecule has 1 heterocycles. The molecule has 1 N–H and O–H groups in total. The summed E-state index contributed by atoms with van der Waals surface area (Å²) in [7, 11) is 1.94. The van der Waals surface area contributed by atoms with Crippen LogP contribution < -0.4 is 5.32 Å². The first-order valence-corrected chi connectivity index (χ1v) is 8.35. The van der Waals surface area contributed by atoms with Crippen LogP contribution in [0.1, 0.15) is 57.1 Å². The van der Waals surface area contributed by atoms with E-state index in [4.69, 9.17) is 9.15 Å². The van der Waals surface area contributed by atoms with Crippen molar-refractivity contribution in [2.75, 3.05) is 7.05 Å². The Labute approximate surface area is 129 Å². The molecule has 0 radical (unpaired) electrons. The average Bonchev–Trinajstić information content (AvgIpc) is 2.77. The summed E-state index contributed by atoms with van der Waals surface area (Å²) in [5, 5.41) is 3.14. The molecule has 1 saturated carbocycles. The molecule has 3 heteroatoms. The zero-order valence-corrected chi connectivity index (χ0v) is 14.2. The number of nitrogens with one attached hydrogen (secondary N) is 1. The van der Waals surface area contributed by atoms with Crippen LogP contribution in [-0.2, 0) is 17.9 Å². The number of ether oxygens (including phenoxy) is 1. The molecule has 1 fully saturated rings. The molecule has 2 rings (SSSR count). The van der Waals surface area contributed by atoms with E-state index in [1.807, 2.05) is 7.05 Å². The first-order valence-electron chi connectivity index (χ1n) is 8.35. The van der Waals surface area contributed by atoms with Crippen LogP contribution in [0, 0.1) is 24.7 Å². The van der Waals surface area contributed by atoms with Crippen LogP contribution in [0.15, 0.2) is 10.5 Å². The van der Waals surface area contributed by atoms with E-state index in [9.17, 15) is 0 Å². The summed E-state index contributed by atoms with van der Waals surface area (Å²) in [6.07, 6.45) is 4.21. The maximum absolute atomic E-state index is 6.25. The van der Waals surface area contributed by atoms with Gasteiger partial charge in [0.15, 0.2) is 0 Å². The molecule has 0 aromatic carbocycles. The Morgan fingerprint density at radius 2 is 2.14 bits per heavy atom. The molecule has 0 saturated heterocycles. The lowest BCUT2D eigenvalue weighted by Gasteiger charge is -2.37. The molecule has 1 aliphatic rings. The van der Waals surface area contributed by atoms with Gasteiger partial charge in [0.2, 0.25) is 0 Å². The summed E-state index contributed by atoms with van der Waals surface area (Å²) < 4.78 is 12.1. The van der Waals surface area contributed by atoms with E-state index in [1.54, 1.807) is 0 Å². The maximum Gasteiger partial charge on any atom is 0.130 e. The van der Waals surface area contributed by atoms with Crippen LogP contribution in [0.2, 0.25) is 0 Å². The second kappa shape index (κ2) is 7.46. The number of hydrogen-bond acceptors (Lipinski definition) is 3. The molecule has 0 bridgehead atoms. The van der Waals surface area contributed by atoms with E-state index in [-0.39, 0.29) is 0 Å². The van der Waals surface area contributed by atoms with Crippen LogP contribution in [0.5, 0.6) is 0 Å². The largest absolute Gasteiger partial charge is 0.462 e. The van der Waals surface area contributed by atoms with Gasteiger partial charge in [0, 0.05) is 0 Å². The molecule has 1 aromatic rings.